The van der Waals surface area contributed by atoms with Gasteiger partial charge in [0.05, 0.1) is 5.69 Å². The van der Waals surface area contributed by atoms with E-state index in [-0.39, 0.29) is 11.8 Å². The Hall–Kier alpha value is -1.66. The second-order valence-corrected chi connectivity index (χ2v) is 4.46. The third-order valence-corrected chi connectivity index (χ3v) is 2.79. The molecule has 0 atom stereocenters. The zero-order chi connectivity index (χ0) is 12.7. The summed E-state index contributed by atoms with van der Waals surface area (Å²) in [7, 11) is 0. The predicted molar refractivity (Wildman–Crippen MR) is 65.0 cm³/mol. The van der Waals surface area contributed by atoms with Crippen molar-refractivity contribution >= 4 is 17.4 Å². The second kappa shape index (κ2) is 6.82. The summed E-state index contributed by atoms with van der Waals surface area (Å²) in [5, 5.41) is 10.1. The van der Waals surface area contributed by atoms with Crippen molar-refractivity contribution in [2.24, 2.45) is 5.11 Å². The van der Waals surface area contributed by atoms with E-state index in [9.17, 15) is 4.79 Å². The van der Waals surface area contributed by atoms with Crippen LogP contribution in [0.25, 0.3) is 10.4 Å². The number of nitrogens with zero attached hydrogens (tertiary/aromatic N) is 5. The van der Waals surface area contributed by atoms with Gasteiger partial charge in [0.25, 0.3) is 5.91 Å². The highest BCUT2D eigenvalue weighted by atomic mass is 32.1. The maximum absolute atomic E-state index is 11.8. The molecule has 0 aliphatic carbocycles. The minimum atomic E-state index is -0.162. The van der Waals surface area contributed by atoms with Crippen LogP contribution in [0.1, 0.15) is 41.6 Å². The van der Waals surface area contributed by atoms with Gasteiger partial charge in [-0.2, -0.15) is 0 Å². The van der Waals surface area contributed by atoms with Gasteiger partial charge in [0.1, 0.15) is 4.88 Å². The van der Waals surface area contributed by atoms with Gasteiger partial charge in [-0.1, -0.05) is 23.4 Å². The van der Waals surface area contributed by atoms with Crippen LogP contribution in [-0.4, -0.2) is 28.6 Å². The van der Waals surface area contributed by atoms with Gasteiger partial charge in [-0.15, -0.1) is 5.10 Å². The van der Waals surface area contributed by atoms with Crippen molar-refractivity contribution in [1.82, 2.24) is 14.9 Å². The summed E-state index contributed by atoms with van der Waals surface area (Å²) in [6, 6.07) is 0. The van der Waals surface area contributed by atoms with E-state index in [1.165, 1.54) is 0 Å². The van der Waals surface area contributed by atoms with Crippen molar-refractivity contribution in [3.05, 3.63) is 21.0 Å². The van der Waals surface area contributed by atoms with Gasteiger partial charge < -0.3 is 5.32 Å². The molecule has 1 rings (SSSR count). The molecule has 1 heterocycles. The molecule has 0 aromatic carbocycles. The van der Waals surface area contributed by atoms with Crippen molar-refractivity contribution in [3.8, 4) is 0 Å². The number of amides is 1. The van der Waals surface area contributed by atoms with Crippen LogP contribution >= 0.6 is 11.5 Å². The molecular formula is C9H14N6OS. The van der Waals surface area contributed by atoms with Crippen LogP contribution in [0, 0.1) is 0 Å². The van der Waals surface area contributed by atoms with Crippen molar-refractivity contribution < 1.29 is 4.79 Å². The molecule has 1 aromatic rings. The summed E-state index contributed by atoms with van der Waals surface area (Å²) in [5.74, 6) is 0.0160. The predicted octanol–water partition coefficient (Wildman–Crippen LogP) is 2.09. The lowest BCUT2D eigenvalue weighted by Crippen LogP contribution is -2.25. The summed E-state index contributed by atoms with van der Waals surface area (Å²) in [5.41, 5.74) is 8.80. The van der Waals surface area contributed by atoms with Crippen molar-refractivity contribution in [3.63, 3.8) is 0 Å². The fourth-order valence-corrected chi connectivity index (χ4v) is 1.95. The van der Waals surface area contributed by atoms with Gasteiger partial charge in [0.2, 0.25) is 0 Å². The van der Waals surface area contributed by atoms with E-state index in [4.69, 9.17) is 5.53 Å². The van der Waals surface area contributed by atoms with Crippen molar-refractivity contribution in [2.45, 2.75) is 26.2 Å². The number of hydrogen-bond donors (Lipinski definition) is 1. The highest BCUT2D eigenvalue weighted by Crippen LogP contribution is 2.19. The second-order valence-electron chi connectivity index (χ2n) is 3.71. The minimum Gasteiger partial charge on any atom is -0.351 e. The Labute approximate surface area is 103 Å². The molecule has 0 bridgehead atoms. The van der Waals surface area contributed by atoms with Gasteiger partial charge >= 0.3 is 0 Å². The molecule has 0 aliphatic rings. The molecule has 0 spiro atoms. The fourth-order valence-electron chi connectivity index (χ4n) is 1.21. The van der Waals surface area contributed by atoms with E-state index in [2.05, 4.69) is 24.9 Å². The normalized spacial score (nSPS) is 10.1. The summed E-state index contributed by atoms with van der Waals surface area (Å²) in [4.78, 5) is 15.0. The van der Waals surface area contributed by atoms with Crippen LogP contribution in [0.5, 0.6) is 0 Å². The van der Waals surface area contributed by atoms with Crippen molar-refractivity contribution in [1.29, 1.82) is 0 Å². The zero-order valence-corrected chi connectivity index (χ0v) is 10.6. The van der Waals surface area contributed by atoms with Crippen LogP contribution in [-0.2, 0) is 0 Å². The molecule has 17 heavy (non-hydrogen) atoms. The molecule has 0 saturated heterocycles. The molecule has 1 aromatic heterocycles. The first-order valence-corrected chi connectivity index (χ1v) is 6.05. The third kappa shape index (κ3) is 4.01. The molecule has 0 aliphatic heterocycles. The average molecular weight is 254 g/mol. The van der Waals surface area contributed by atoms with Gasteiger partial charge in [-0.25, -0.2) is 0 Å². The van der Waals surface area contributed by atoms with E-state index in [0.717, 1.165) is 17.2 Å². The van der Waals surface area contributed by atoms with Gasteiger partial charge in [-0.3, -0.25) is 4.79 Å². The van der Waals surface area contributed by atoms with Gasteiger partial charge in [0, 0.05) is 18.0 Å². The monoisotopic (exact) mass is 254 g/mol. The summed E-state index contributed by atoms with van der Waals surface area (Å²) < 4.78 is 3.79. The highest BCUT2D eigenvalue weighted by molar-refractivity contribution is 7.08. The Bertz CT molecular complexity index is 423. The Morgan fingerprint density at radius 1 is 1.65 bits per heavy atom. The molecule has 0 fully saturated rings. The quantitative estimate of drug-likeness (QED) is 0.363. The van der Waals surface area contributed by atoms with Crippen LogP contribution < -0.4 is 5.32 Å². The minimum absolute atomic E-state index is 0.162. The summed E-state index contributed by atoms with van der Waals surface area (Å²) in [6.07, 6.45) is 0.624. The number of azide groups is 1. The lowest BCUT2D eigenvalue weighted by molar-refractivity contribution is 0.0956. The molecule has 1 amide bonds. The lowest BCUT2D eigenvalue weighted by atomic mass is 10.1. The first-order valence-electron chi connectivity index (χ1n) is 5.28. The fraction of sp³-hybridized carbons (Fsp3) is 0.667. The van der Waals surface area contributed by atoms with Crippen molar-refractivity contribution in [2.75, 3.05) is 13.1 Å². The summed E-state index contributed by atoms with van der Waals surface area (Å²) >= 11 is 1.10. The third-order valence-electron chi connectivity index (χ3n) is 2.05. The van der Waals surface area contributed by atoms with Crippen LogP contribution in [0.3, 0.4) is 0 Å². The molecule has 0 saturated carbocycles. The van der Waals surface area contributed by atoms with E-state index in [0.29, 0.717) is 24.4 Å². The molecular weight excluding hydrogens is 240 g/mol. The Balaban J connectivity index is 2.47. The number of hydrogen-bond acceptors (Lipinski definition) is 5. The molecule has 0 unspecified atom stereocenters. The average Bonchev–Trinajstić information content (AvgIpc) is 2.77. The number of rotatable bonds is 6. The standard InChI is InChI=1S/C9H14N6OS/c1-6(2)7-8(17-15-13-7)9(16)11-4-3-5-12-14-10/h6H,3-5H2,1-2H3,(H,11,16). The molecule has 8 heteroatoms. The Morgan fingerprint density at radius 3 is 3.06 bits per heavy atom. The number of carbonyl (C=O) groups is 1. The Kier molecular flexibility index (Phi) is 5.38. The SMILES string of the molecule is CC(C)c1nnsc1C(=O)NCCCN=[N+]=[N-]. The Morgan fingerprint density at radius 2 is 2.41 bits per heavy atom. The first-order chi connectivity index (χ1) is 8.16. The maximum atomic E-state index is 11.8. The van der Waals surface area contributed by atoms with E-state index in [1.54, 1.807) is 0 Å². The molecule has 92 valence electrons. The molecule has 7 nitrogen and oxygen atoms in total. The maximum Gasteiger partial charge on any atom is 0.264 e. The van der Waals surface area contributed by atoms with Crippen LogP contribution in [0.4, 0.5) is 0 Å². The first kappa shape index (κ1) is 13.4. The summed E-state index contributed by atoms with van der Waals surface area (Å²) in [6.45, 7) is 4.80. The topological polar surface area (TPSA) is 104 Å². The number of aromatic nitrogens is 2. The van der Waals surface area contributed by atoms with E-state index in [1.807, 2.05) is 13.8 Å². The smallest absolute Gasteiger partial charge is 0.264 e. The van der Waals surface area contributed by atoms with Gasteiger partial charge in [-0.05, 0) is 29.4 Å². The largest absolute Gasteiger partial charge is 0.351 e. The molecule has 0 radical (unpaired) electrons. The van der Waals surface area contributed by atoms with E-state index >= 15 is 0 Å². The zero-order valence-electron chi connectivity index (χ0n) is 9.75. The number of carbonyl (C=O) groups excluding carboxylic acids is 1. The lowest BCUT2D eigenvalue weighted by Gasteiger charge is -2.04. The van der Waals surface area contributed by atoms with Gasteiger partial charge in [0.15, 0.2) is 0 Å². The molecule has 1 N–H and O–H groups in total. The van der Waals surface area contributed by atoms with Crippen LogP contribution in [0.2, 0.25) is 0 Å². The number of nitrogens with one attached hydrogen (secondary N) is 1. The van der Waals surface area contributed by atoms with Crippen LogP contribution in [0.15, 0.2) is 5.11 Å². The van der Waals surface area contributed by atoms with E-state index < -0.39 is 0 Å². The highest BCUT2D eigenvalue weighted by Gasteiger charge is 2.17.